The largest absolute Gasteiger partial charge is 0.479 e. The Morgan fingerprint density at radius 3 is 2.36 bits per heavy atom. The van der Waals surface area contributed by atoms with Gasteiger partial charge in [-0.3, -0.25) is 4.90 Å². The van der Waals surface area contributed by atoms with Crippen LogP contribution in [0, 0.1) is 0 Å². The van der Waals surface area contributed by atoms with Gasteiger partial charge in [-0.15, -0.1) is 0 Å². The van der Waals surface area contributed by atoms with Gasteiger partial charge in [0, 0.05) is 6.20 Å². The fourth-order valence-electron chi connectivity index (χ4n) is 1.09. The lowest BCUT2D eigenvalue weighted by Gasteiger charge is -2.33. The summed E-state index contributed by atoms with van der Waals surface area (Å²) in [6.07, 6.45) is 5.86. The van der Waals surface area contributed by atoms with Gasteiger partial charge in [0.2, 0.25) is 0 Å². The molecule has 0 saturated carbocycles. The second-order valence-electron chi connectivity index (χ2n) is 2.86. The number of carboxylic acid groups (broad SMARTS) is 1. The Morgan fingerprint density at radius 1 is 1.43 bits per heavy atom. The number of nitrogens with zero attached hydrogens (tertiary/aromatic N) is 1. The Bertz CT molecular complexity index is 310. The number of hydrogen-bond acceptors (Lipinski definition) is 2. The maximum atomic E-state index is 10.9. The van der Waals surface area contributed by atoms with Gasteiger partial charge in [0.15, 0.2) is 5.54 Å². The summed E-state index contributed by atoms with van der Waals surface area (Å²) in [4.78, 5) is 22.7. The third-order valence-corrected chi connectivity index (χ3v) is 1.94. The summed E-state index contributed by atoms with van der Waals surface area (Å²) >= 11 is 0. The molecule has 1 rings (SSSR count). The summed E-state index contributed by atoms with van der Waals surface area (Å²) in [5.74, 6) is -1.12. The molecule has 1 heterocycles. The van der Waals surface area contributed by atoms with E-state index in [0.717, 1.165) is 4.90 Å². The van der Waals surface area contributed by atoms with E-state index in [9.17, 15) is 9.59 Å². The van der Waals surface area contributed by atoms with E-state index in [0.29, 0.717) is 0 Å². The second-order valence-corrected chi connectivity index (χ2v) is 2.86. The summed E-state index contributed by atoms with van der Waals surface area (Å²) in [6, 6.07) is -0.787. The number of hydrogen-bond donors (Lipinski definition) is 2. The smallest absolute Gasteiger partial charge is 0.333 e. The minimum atomic E-state index is -1.37. The van der Waals surface area contributed by atoms with Crippen LogP contribution in [0.5, 0.6) is 0 Å². The normalized spacial score (nSPS) is 24.2. The first-order chi connectivity index (χ1) is 5.98. The van der Waals surface area contributed by atoms with E-state index in [-0.39, 0.29) is 5.48 Å². The Hall–Kier alpha value is -1.82. The predicted octanol–water partition coefficient (Wildman–Crippen LogP) is -0.531. The molecular formula is C8H12N2O4. The Balaban J connectivity index is 0.00000169. The van der Waals surface area contributed by atoms with E-state index in [1.807, 2.05) is 0 Å². The van der Waals surface area contributed by atoms with Gasteiger partial charge in [-0.2, -0.15) is 0 Å². The number of primary amides is 1. The highest BCUT2D eigenvalue weighted by Gasteiger charge is 2.39. The quantitative estimate of drug-likeness (QED) is 0.592. The van der Waals surface area contributed by atoms with Crippen molar-refractivity contribution in [2.75, 3.05) is 0 Å². The average molecular weight is 200 g/mol. The van der Waals surface area contributed by atoms with Crippen molar-refractivity contribution in [3.63, 3.8) is 0 Å². The van der Waals surface area contributed by atoms with Gasteiger partial charge in [-0.25, -0.2) is 9.59 Å². The number of aliphatic carboxylic acids is 1. The molecule has 2 amide bonds. The number of nitrogens with two attached hydrogens (primary N) is 1. The maximum Gasteiger partial charge on any atom is 0.333 e. The van der Waals surface area contributed by atoms with Crippen LogP contribution >= 0.6 is 0 Å². The molecule has 6 heteroatoms. The van der Waals surface area contributed by atoms with Crippen LogP contribution in [0.2, 0.25) is 0 Å². The van der Waals surface area contributed by atoms with Crippen molar-refractivity contribution in [2.24, 2.45) is 5.73 Å². The molecule has 0 aromatic heterocycles. The Morgan fingerprint density at radius 2 is 2.00 bits per heavy atom. The highest BCUT2D eigenvalue weighted by Crippen LogP contribution is 2.21. The van der Waals surface area contributed by atoms with Gasteiger partial charge in [0.25, 0.3) is 0 Å². The molecular weight excluding hydrogens is 188 g/mol. The van der Waals surface area contributed by atoms with Gasteiger partial charge in [0.1, 0.15) is 0 Å². The van der Waals surface area contributed by atoms with Crippen LogP contribution in [0.3, 0.4) is 0 Å². The molecule has 5 N–H and O–H groups in total. The van der Waals surface area contributed by atoms with Crippen LogP contribution in [0.25, 0.3) is 0 Å². The van der Waals surface area contributed by atoms with Gasteiger partial charge < -0.3 is 16.3 Å². The van der Waals surface area contributed by atoms with E-state index in [2.05, 4.69) is 0 Å². The zero-order valence-electron chi connectivity index (χ0n) is 7.60. The number of carboxylic acids is 1. The number of carbonyl (C=O) groups is 2. The third kappa shape index (κ3) is 1.74. The SMILES string of the molecule is CC1(C(=O)O)C=CC=CN1C(N)=O.O. The van der Waals surface area contributed by atoms with Crippen molar-refractivity contribution in [1.29, 1.82) is 0 Å². The summed E-state index contributed by atoms with van der Waals surface area (Å²) < 4.78 is 0. The van der Waals surface area contributed by atoms with Crippen LogP contribution in [-0.4, -0.2) is 33.0 Å². The third-order valence-electron chi connectivity index (χ3n) is 1.94. The van der Waals surface area contributed by atoms with Gasteiger partial charge in [-0.05, 0) is 19.1 Å². The second kappa shape index (κ2) is 3.93. The van der Waals surface area contributed by atoms with E-state index < -0.39 is 17.5 Å². The molecule has 14 heavy (non-hydrogen) atoms. The maximum absolute atomic E-state index is 10.9. The molecule has 0 saturated heterocycles. The predicted molar refractivity (Wildman–Crippen MR) is 49.4 cm³/mol. The summed E-state index contributed by atoms with van der Waals surface area (Å²) in [7, 11) is 0. The number of carbonyl (C=O) groups excluding carboxylic acids is 1. The fraction of sp³-hybridized carbons (Fsp3) is 0.250. The average Bonchev–Trinajstić information content (AvgIpc) is 2.04. The molecule has 6 nitrogen and oxygen atoms in total. The first-order valence-corrected chi connectivity index (χ1v) is 3.66. The van der Waals surface area contributed by atoms with Crippen molar-refractivity contribution in [3.05, 3.63) is 24.4 Å². The van der Waals surface area contributed by atoms with Gasteiger partial charge in [-0.1, -0.05) is 6.08 Å². The van der Waals surface area contributed by atoms with Crippen LogP contribution in [-0.2, 0) is 4.79 Å². The van der Waals surface area contributed by atoms with Crippen molar-refractivity contribution in [2.45, 2.75) is 12.5 Å². The van der Waals surface area contributed by atoms with Crippen LogP contribution in [0.4, 0.5) is 4.79 Å². The fourth-order valence-corrected chi connectivity index (χ4v) is 1.09. The lowest BCUT2D eigenvalue weighted by atomic mass is 9.98. The number of amides is 2. The molecule has 1 unspecified atom stereocenters. The lowest BCUT2D eigenvalue weighted by molar-refractivity contribution is -0.144. The number of allylic oxidation sites excluding steroid dienone is 2. The monoisotopic (exact) mass is 200 g/mol. The van der Waals surface area contributed by atoms with E-state index in [4.69, 9.17) is 10.8 Å². The molecule has 0 radical (unpaired) electrons. The van der Waals surface area contributed by atoms with E-state index >= 15 is 0 Å². The number of rotatable bonds is 1. The molecule has 0 aromatic rings. The van der Waals surface area contributed by atoms with Crippen LogP contribution in [0.15, 0.2) is 24.4 Å². The van der Waals surface area contributed by atoms with Crippen molar-refractivity contribution in [1.82, 2.24) is 4.90 Å². The Labute approximate surface area is 80.6 Å². The highest BCUT2D eigenvalue weighted by atomic mass is 16.4. The van der Waals surface area contributed by atoms with Crippen LogP contribution < -0.4 is 5.73 Å². The zero-order chi connectivity index (χ0) is 10.1. The summed E-state index contributed by atoms with van der Waals surface area (Å²) in [6.45, 7) is 1.40. The Kier molecular flexibility index (Phi) is 3.42. The van der Waals surface area contributed by atoms with Crippen molar-refractivity contribution in [3.8, 4) is 0 Å². The molecule has 1 aliphatic heterocycles. The molecule has 1 aliphatic rings. The molecule has 0 fully saturated rings. The topological polar surface area (TPSA) is 115 Å². The molecule has 78 valence electrons. The lowest BCUT2D eigenvalue weighted by Crippen LogP contribution is -2.53. The molecule has 0 bridgehead atoms. The molecule has 0 spiro atoms. The summed E-state index contributed by atoms with van der Waals surface area (Å²) in [5, 5.41) is 8.88. The van der Waals surface area contributed by atoms with E-state index in [1.54, 1.807) is 12.2 Å². The van der Waals surface area contributed by atoms with Gasteiger partial charge in [0.05, 0.1) is 0 Å². The minimum absolute atomic E-state index is 0. The first-order valence-electron chi connectivity index (χ1n) is 3.66. The number of urea groups is 1. The minimum Gasteiger partial charge on any atom is -0.479 e. The van der Waals surface area contributed by atoms with Crippen LogP contribution in [0.1, 0.15) is 6.92 Å². The highest BCUT2D eigenvalue weighted by molar-refractivity contribution is 5.88. The van der Waals surface area contributed by atoms with Crippen molar-refractivity contribution >= 4 is 12.0 Å². The van der Waals surface area contributed by atoms with E-state index in [1.165, 1.54) is 19.2 Å². The zero-order valence-corrected chi connectivity index (χ0v) is 7.60. The first kappa shape index (κ1) is 12.2. The molecule has 1 atom stereocenters. The molecule has 0 aromatic carbocycles. The van der Waals surface area contributed by atoms with Gasteiger partial charge >= 0.3 is 12.0 Å². The summed E-state index contributed by atoms with van der Waals surface area (Å²) in [5.41, 5.74) is 3.64. The van der Waals surface area contributed by atoms with Crippen molar-refractivity contribution < 1.29 is 20.2 Å². The standard InChI is InChI=1S/C8H10N2O3.H2O/c1-8(6(11)12)4-2-3-5-10(8)7(9)13;/h2-5H,1H3,(H2,9,13)(H,11,12);1H2. The molecule has 0 aliphatic carbocycles.